The van der Waals surface area contributed by atoms with Crippen LogP contribution in [0, 0.1) is 5.92 Å². The Balaban J connectivity index is 2.02. The van der Waals surface area contributed by atoms with Gasteiger partial charge in [0, 0.05) is 27.9 Å². The summed E-state index contributed by atoms with van der Waals surface area (Å²) in [4.78, 5) is 23.7. The Morgan fingerprint density at radius 3 is 1.91 bits per heavy atom. The smallest absolute Gasteiger partial charge is 0.255 e. The normalized spacial score (nSPS) is 10.4. The average molecular weight is 317 g/mol. The van der Waals surface area contributed by atoms with E-state index in [9.17, 15) is 9.59 Å². The summed E-state index contributed by atoms with van der Waals surface area (Å²) in [7, 11) is 0. The van der Waals surface area contributed by atoms with Crippen molar-refractivity contribution in [3.05, 3.63) is 59.1 Å². The van der Waals surface area contributed by atoms with Crippen molar-refractivity contribution in [3.63, 3.8) is 0 Å². The zero-order chi connectivity index (χ0) is 16.1. The second-order valence-electron chi connectivity index (χ2n) is 5.18. The van der Waals surface area contributed by atoms with Crippen LogP contribution < -0.4 is 10.6 Å². The van der Waals surface area contributed by atoms with Crippen LogP contribution in [-0.2, 0) is 4.79 Å². The summed E-state index contributed by atoms with van der Waals surface area (Å²) in [6.45, 7) is 3.65. The zero-order valence-electron chi connectivity index (χ0n) is 12.4. The molecule has 2 aromatic rings. The second kappa shape index (κ2) is 7.09. The molecule has 0 unspecified atom stereocenters. The highest BCUT2D eigenvalue weighted by molar-refractivity contribution is 6.30. The molecule has 0 heterocycles. The highest BCUT2D eigenvalue weighted by Gasteiger charge is 2.09. The fraction of sp³-hybridized carbons (Fsp3) is 0.176. The number of anilines is 2. The quantitative estimate of drug-likeness (QED) is 0.888. The second-order valence-corrected chi connectivity index (χ2v) is 5.62. The largest absolute Gasteiger partial charge is 0.326 e. The lowest BCUT2D eigenvalue weighted by Crippen LogP contribution is -2.18. The average Bonchev–Trinajstić information content (AvgIpc) is 2.50. The van der Waals surface area contributed by atoms with Gasteiger partial charge in [-0.05, 0) is 48.5 Å². The number of hydrogen-bond acceptors (Lipinski definition) is 2. The lowest BCUT2D eigenvalue weighted by Gasteiger charge is -2.09. The van der Waals surface area contributed by atoms with E-state index >= 15 is 0 Å². The van der Waals surface area contributed by atoms with Gasteiger partial charge in [0.2, 0.25) is 5.91 Å². The van der Waals surface area contributed by atoms with E-state index in [-0.39, 0.29) is 17.7 Å². The minimum Gasteiger partial charge on any atom is -0.326 e. The van der Waals surface area contributed by atoms with Crippen molar-refractivity contribution >= 4 is 34.8 Å². The van der Waals surface area contributed by atoms with E-state index in [0.29, 0.717) is 22.0 Å². The van der Waals surface area contributed by atoms with Crippen molar-refractivity contribution in [1.82, 2.24) is 0 Å². The van der Waals surface area contributed by atoms with Crippen LogP contribution in [0.2, 0.25) is 5.02 Å². The fourth-order valence-corrected chi connectivity index (χ4v) is 1.85. The van der Waals surface area contributed by atoms with E-state index in [2.05, 4.69) is 10.6 Å². The van der Waals surface area contributed by atoms with E-state index in [4.69, 9.17) is 11.6 Å². The van der Waals surface area contributed by atoms with Crippen molar-refractivity contribution in [2.24, 2.45) is 5.92 Å². The van der Waals surface area contributed by atoms with Gasteiger partial charge in [0.15, 0.2) is 0 Å². The molecule has 114 valence electrons. The van der Waals surface area contributed by atoms with E-state index in [1.54, 1.807) is 48.5 Å². The van der Waals surface area contributed by atoms with Gasteiger partial charge in [0.1, 0.15) is 0 Å². The van der Waals surface area contributed by atoms with Gasteiger partial charge in [-0.3, -0.25) is 9.59 Å². The minimum atomic E-state index is -0.218. The van der Waals surface area contributed by atoms with Crippen molar-refractivity contribution in [1.29, 1.82) is 0 Å². The van der Waals surface area contributed by atoms with Gasteiger partial charge in [0.25, 0.3) is 5.91 Å². The predicted octanol–water partition coefficient (Wildman–Crippen LogP) is 4.19. The van der Waals surface area contributed by atoms with Gasteiger partial charge in [0.05, 0.1) is 0 Å². The minimum absolute atomic E-state index is 0.0571. The van der Waals surface area contributed by atoms with Crippen LogP contribution in [0.5, 0.6) is 0 Å². The maximum absolute atomic E-state index is 12.1. The molecular formula is C17H17ClN2O2. The molecule has 0 saturated carbocycles. The van der Waals surface area contributed by atoms with Crippen LogP contribution in [0.3, 0.4) is 0 Å². The first-order valence-electron chi connectivity index (χ1n) is 6.93. The van der Waals surface area contributed by atoms with Gasteiger partial charge < -0.3 is 10.6 Å². The van der Waals surface area contributed by atoms with Gasteiger partial charge in [-0.25, -0.2) is 0 Å². The molecular weight excluding hydrogens is 300 g/mol. The number of rotatable bonds is 4. The molecule has 2 aromatic carbocycles. The molecule has 2 amide bonds. The Hall–Kier alpha value is -2.33. The number of carbonyl (C=O) groups excluding carboxylic acids is 2. The molecule has 0 radical (unpaired) electrons. The van der Waals surface area contributed by atoms with Crippen LogP contribution >= 0.6 is 11.6 Å². The summed E-state index contributed by atoms with van der Waals surface area (Å²) in [5.74, 6) is -0.365. The lowest BCUT2D eigenvalue weighted by atomic mass is 10.1. The summed E-state index contributed by atoms with van der Waals surface area (Å²) >= 11 is 5.80. The molecule has 5 heteroatoms. The third kappa shape index (κ3) is 4.33. The van der Waals surface area contributed by atoms with E-state index in [1.165, 1.54) is 0 Å². The Bertz CT molecular complexity index is 664. The number of hydrogen-bond donors (Lipinski definition) is 2. The zero-order valence-corrected chi connectivity index (χ0v) is 13.1. The van der Waals surface area contributed by atoms with Crippen LogP contribution in [0.4, 0.5) is 11.4 Å². The first kappa shape index (κ1) is 16.0. The molecule has 0 aliphatic heterocycles. The summed E-state index contributed by atoms with van der Waals surface area (Å²) in [5.41, 5.74) is 1.85. The van der Waals surface area contributed by atoms with Crippen LogP contribution in [0.15, 0.2) is 48.5 Å². The van der Waals surface area contributed by atoms with Crippen LogP contribution in [0.1, 0.15) is 24.2 Å². The van der Waals surface area contributed by atoms with Crippen molar-refractivity contribution in [2.45, 2.75) is 13.8 Å². The highest BCUT2D eigenvalue weighted by atomic mass is 35.5. The van der Waals surface area contributed by atoms with Crippen molar-refractivity contribution in [3.8, 4) is 0 Å². The molecule has 0 spiro atoms. The van der Waals surface area contributed by atoms with Crippen LogP contribution in [0.25, 0.3) is 0 Å². The van der Waals surface area contributed by atoms with Gasteiger partial charge in [-0.2, -0.15) is 0 Å². The number of benzene rings is 2. The monoisotopic (exact) mass is 316 g/mol. The van der Waals surface area contributed by atoms with E-state index in [0.717, 1.165) is 0 Å². The summed E-state index contributed by atoms with van der Waals surface area (Å²) in [6.07, 6.45) is 0. The van der Waals surface area contributed by atoms with Gasteiger partial charge in [-0.15, -0.1) is 0 Å². The summed E-state index contributed by atoms with van der Waals surface area (Å²) < 4.78 is 0. The predicted molar refractivity (Wildman–Crippen MR) is 89.3 cm³/mol. The summed E-state index contributed by atoms with van der Waals surface area (Å²) in [6, 6.07) is 13.6. The molecule has 4 nitrogen and oxygen atoms in total. The molecule has 2 rings (SSSR count). The Morgan fingerprint density at radius 2 is 1.36 bits per heavy atom. The number of carbonyl (C=O) groups is 2. The molecule has 0 aromatic heterocycles. The first-order valence-corrected chi connectivity index (χ1v) is 7.31. The number of amides is 2. The maximum atomic E-state index is 12.1. The SMILES string of the molecule is CC(C)C(=O)Nc1ccc(C(=O)Nc2ccc(Cl)cc2)cc1. The van der Waals surface area contributed by atoms with E-state index in [1.807, 2.05) is 13.8 Å². The molecule has 0 atom stereocenters. The lowest BCUT2D eigenvalue weighted by molar-refractivity contribution is -0.118. The molecule has 2 N–H and O–H groups in total. The highest BCUT2D eigenvalue weighted by Crippen LogP contribution is 2.16. The van der Waals surface area contributed by atoms with Crippen LogP contribution in [-0.4, -0.2) is 11.8 Å². The molecule has 0 aliphatic rings. The molecule has 22 heavy (non-hydrogen) atoms. The maximum Gasteiger partial charge on any atom is 0.255 e. The molecule has 0 saturated heterocycles. The third-order valence-electron chi connectivity index (χ3n) is 3.04. The van der Waals surface area contributed by atoms with Gasteiger partial charge in [-0.1, -0.05) is 25.4 Å². The molecule has 0 aliphatic carbocycles. The topological polar surface area (TPSA) is 58.2 Å². The van der Waals surface area contributed by atoms with Gasteiger partial charge >= 0.3 is 0 Å². The molecule has 0 bridgehead atoms. The molecule has 0 fully saturated rings. The van der Waals surface area contributed by atoms with Crippen molar-refractivity contribution < 1.29 is 9.59 Å². The Morgan fingerprint density at radius 1 is 0.864 bits per heavy atom. The third-order valence-corrected chi connectivity index (χ3v) is 3.29. The number of nitrogens with one attached hydrogen (secondary N) is 2. The fourth-order valence-electron chi connectivity index (χ4n) is 1.73. The van der Waals surface area contributed by atoms with E-state index < -0.39 is 0 Å². The standard InChI is InChI=1S/C17H17ClN2O2/c1-11(2)16(21)19-14-7-3-12(4-8-14)17(22)20-15-9-5-13(18)6-10-15/h3-11H,1-2H3,(H,19,21)(H,20,22). The first-order chi connectivity index (χ1) is 10.5. The Kier molecular flexibility index (Phi) is 5.17. The number of halogens is 1. The Labute approximate surface area is 134 Å². The summed E-state index contributed by atoms with van der Waals surface area (Å²) in [5, 5.41) is 6.17. The van der Waals surface area contributed by atoms with Crippen molar-refractivity contribution in [2.75, 3.05) is 10.6 Å².